The minimum Gasteiger partial charge on any atom is -0.444 e. The molecular weight excluding hydrogens is 271 g/mol. The highest BCUT2D eigenvalue weighted by atomic mass is 32.2. The second-order valence-corrected chi connectivity index (χ2v) is 4.70. The molecule has 0 N–H and O–H groups in total. The molecule has 6 nitrogen and oxygen atoms in total. The van der Waals surface area contributed by atoms with Gasteiger partial charge in [-0.25, -0.2) is 9.18 Å². The number of amides is 1. The molecule has 1 amide bonds. The molecule has 0 aromatic heterocycles. The van der Waals surface area contributed by atoms with Crippen LogP contribution in [0, 0.1) is 5.82 Å². The smallest absolute Gasteiger partial charge is 0.414 e. The average Bonchev–Trinajstić information content (AvgIpc) is 2.77. The minimum atomic E-state index is -0.561. The number of hydrogen-bond donors (Lipinski definition) is 0. The van der Waals surface area contributed by atoms with Crippen molar-refractivity contribution in [2.45, 2.75) is 11.0 Å². The molecule has 19 heavy (non-hydrogen) atoms. The van der Waals surface area contributed by atoms with Crippen LogP contribution in [0.25, 0.3) is 10.4 Å². The summed E-state index contributed by atoms with van der Waals surface area (Å²) in [5, 5.41) is 3.36. The van der Waals surface area contributed by atoms with Crippen molar-refractivity contribution < 1.29 is 13.9 Å². The fourth-order valence-corrected chi connectivity index (χ4v) is 2.24. The van der Waals surface area contributed by atoms with Crippen LogP contribution in [0.4, 0.5) is 14.9 Å². The first-order chi connectivity index (χ1) is 9.15. The number of carbonyl (C=O) groups excluding carboxylic acids is 1. The molecule has 1 fully saturated rings. The lowest BCUT2D eigenvalue weighted by molar-refractivity contribution is 0.145. The van der Waals surface area contributed by atoms with Crippen LogP contribution in [0.3, 0.4) is 0 Å². The summed E-state index contributed by atoms with van der Waals surface area (Å²) in [6, 6.07) is 4.57. The molecule has 1 saturated heterocycles. The third-order valence-corrected chi connectivity index (χ3v) is 3.44. The van der Waals surface area contributed by atoms with Crippen molar-refractivity contribution in [3.05, 3.63) is 34.5 Å². The fraction of sp³-hybridized carbons (Fsp3) is 0.364. The molecule has 1 aliphatic heterocycles. The average molecular weight is 282 g/mol. The lowest BCUT2D eigenvalue weighted by Gasteiger charge is -2.13. The summed E-state index contributed by atoms with van der Waals surface area (Å²) in [5.41, 5.74) is 8.66. The number of cyclic esters (lactones) is 1. The molecule has 1 heterocycles. The Morgan fingerprint density at radius 3 is 3.11 bits per heavy atom. The van der Waals surface area contributed by atoms with Crippen molar-refractivity contribution in [2.24, 2.45) is 5.11 Å². The van der Waals surface area contributed by atoms with Gasteiger partial charge in [-0.05, 0) is 30.0 Å². The van der Waals surface area contributed by atoms with E-state index in [-0.39, 0.29) is 18.9 Å². The van der Waals surface area contributed by atoms with Crippen LogP contribution < -0.4 is 4.90 Å². The number of nitrogens with zero attached hydrogens (tertiary/aromatic N) is 4. The summed E-state index contributed by atoms with van der Waals surface area (Å²) in [6.45, 7) is 0.319. The van der Waals surface area contributed by atoms with E-state index in [1.165, 1.54) is 22.7 Å². The second kappa shape index (κ2) is 5.81. The number of thioether (sulfide) groups is 1. The van der Waals surface area contributed by atoms with Crippen molar-refractivity contribution in [1.82, 2.24) is 0 Å². The van der Waals surface area contributed by atoms with Gasteiger partial charge in [0.1, 0.15) is 11.9 Å². The minimum absolute atomic E-state index is 0.0735. The van der Waals surface area contributed by atoms with Gasteiger partial charge in [0.2, 0.25) is 0 Å². The zero-order valence-corrected chi connectivity index (χ0v) is 10.9. The van der Waals surface area contributed by atoms with Gasteiger partial charge < -0.3 is 4.74 Å². The summed E-state index contributed by atoms with van der Waals surface area (Å²) < 4.78 is 18.7. The molecule has 0 radical (unpaired) electrons. The summed E-state index contributed by atoms with van der Waals surface area (Å²) in [7, 11) is 0. The molecule has 1 aromatic rings. The largest absolute Gasteiger partial charge is 0.444 e. The third kappa shape index (κ3) is 2.91. The topological polar surface area (TPSA) is 78.3 Å². The molecule has 0 bridgehead atoms. The SMILES string of the molecule is CSc1ccc(N2C[C@@H](CN=[N+]=[N-])OC2=O)cc1F. The van der Waals surface area contributed by atoms with Crippen molar-refractivity contribution >= 4 is 23.5 Å². The molecule has 2 rings (SSSR count). The Morgan fingerprint density at radius 1 is 1.68 bits per heavy atom. The summed E-state index contributed by atoms with van der Waals surface area (Å²) in [5.74, 6) is -0.378. The van der Waals surface area contributed by atoms with Crippen molar-refractivity contribution in [2.75, 3.05) is 24.2 Å². The Hall–Kier alpha value is -1.92. The van der Waals surface area contributed by atoms with E-state index in [2.05, 4.69) is 10.0 Å². The van der Waals surface area contributed by atoms with E-state index in [0.717, 1.165) is 0 Å². The van der Waals surface area contributed by atoms with E-state index in [4.69, 9.17) is 10.3 Å². The summed E-state index contributed by atoms with van der Waals surface area (Å²) in [4.78, 5) is 16.1. The van der Waals surface area contributed by atoms with E-state index >= 15 is 0 Å². The number of rotatable bonds is 4. The van der Waals surface area contributed by atoms with Crippen LogP contribution in [0.1, 0.15) is 0 Å². The first-order valence-corrected chi connectivity index (χ1v) is 6.70. The predicted octanol–water partition coefficient (Wildman–Crippen LogP) is 3.18. The number of hydrogen-bond acceptors (Lipinski definition) is 4. The third-order valence-electron chi connectivity index (χ3n) is 2.67. The lowest BCUT2D eigenvalue weighted by Crippen LogP contribution is -2.25. The molecule has 0 aliphatic carbocycles. The van der Waals surface area contributed by atoms with Crippen molar-refractivity contribution in [1.29, 1.82) is 0 Å². The van der Waals surface area contributed by atoms with E-state index in [9.17, 15) is 9.18 Å². The molecule has 0 saturated carbocycles. The molecule has 100 valence electrons. The van der Waals surface area contributed by atoms with Crippen LogP contribution in [-0.4, -0.2) is 31.5 Å². The van der Waals surface area contributed by atoms with Gasteiger partial charge in [-0.1, -0.05) is 5.11 Å². The van der Waals surface area contributed by atoms with Crippen LogP contribution >= 0.6 is 11.8 Å². The van der Waals surface area contributed by atoms with E-state index in [1.807, 2.05) is 0 Å². The molecule has 1 aliphatic rings. The molecule has 0 unspecified atom stereocenters. The number of carbonyl (C=O) groups is 1. The Bertz CT molecular complexity index is 547. The highest BCUT2D eigenvalue weighted by molar-refractivity contribution is 7.98. The maximum Gasteiger partial charge on any atom is 0.414 e. The van der Waals surface area contributed by atoms with Crippen LogP contribution in [-0.2, 0) is 4.74 Å². The van der Waals surface area contributed by atoms with E-state index < -0.39 is 12.2 Å². The zero-order chi connectivity index (χ0) is 13.8. The van der Waals surface area contributed by atoms with Crippen LogP contribution in [0.2, 0.25) is 0 Å². The quantitative estimate of drug-likeness (QED) is 0.368. The van der Waals surface area contributed by atoms with E-state index in [0.29, 0.717) is 10.6 Å². The lowest BCUT2D eigenvalue weighted by atomic mass is 10.2. The molecule has 0 spiro atoms. The number of azide groups is 1. The van der Waals surface area contributed by atoms with Gasteiger partial charge >= 0.3 is 6.09 Å². The molecule has 8 heteroatoms. The van der Waals surface area contributed by atoms with Crippen molar-refractivity contribution in [3.63, 3.8) is 0 Å². The number of halogens is 1. The standard InChI is InChI=1S/C11H11FN4O2S/c1-19-10-3-2-7(4-9(10)12)16-6-8(5-14-15-13)18-11(16)17/h2-4,8H,5-6H2,1H3/t8-/m1/s1. The normalized spacial score (nSPS) is 18.1. The number of anilines is 1. The maximum absolute atomic E-state index is 13.7. The Balaban J connectivity index is 2.16. The van der Waals surface area contributed by atoms with E-state index in [1.54, 1.807) is 18.4 Å². The Morgan fingerprint density at radius 2 is 2.47 bits per heavy atom. The maximum atomic E-state index is 13.7. The molecule has 1 aromatic carbocycles. The Labute approximate surface area is 113 Å². The Kier molecular flexibility index (Phi) is 4.13. The number of benzene rings is 1. The first-order valence-electron chi connectivity index (χ1n) is 5.48. The highest BCUT2D eigenvalue weighted by Gasteiger charge is 2.32. The predicted molar refractivity (Wildman–Crippen MR) is 69.8 cm³/mol. The highest BCUT2D eigenvalue weighted by Crippen LogP contribution is 2.27. The second-order valence-electron chi connectivity index (χ2n) is 3.85. The van der Waals surface area contributed by atoms with Gasteiger partial charge in [0.15, 0.2) is 0 Å². The van der Waals surface area contributed by atoms with Gasteiger partial charge in [0.05, 0.1) is 18.8 Å². The van der Waals surface area contributed by atoms with Crippen LogP contribution in [0.5, 0.6) is 0 Å². The van der Waals surface area contributed by atoms with Crippen LogP contribution in [0.15, 0.2) is 28.2 Å². The van der Waals surface area contributed by atoms with Gasteiger partial charge in [-0.2, -0.15) is 0 Å². The summed E-state index contributed by atoms with van der Waals surface area (Å²) >= 11 is 1.29. The monoisotopic (exact) mass is 282 g/mol. The number of ether oxygens (including phenoxy) is 1. The summed E-state index contributed by atoms with van der Waals surface area (Å²) in [6.07, 6.45) is 0.721. The first kappa shape index (κ1) is 13.5. The van der Waals surface area contributed by atoms with Gasteiger partial charge in [-0.3, -0.25) is 4.90 Å². The molecule has 1 atom stereocenters. The molecular formula is C11H11FN4O2S. The van der Waals surface area contributed by atoms with Crippen molar-refractivity contribution in [3.8, 4) is 0 Å². The zero-order valence-electron chi connectivity index (χ0n) is 10.1. The fourth-order valence-electron chi connectivity index (χ4n) is 1.78. The van der Waals surface area contributed by atoms with Gasteiger partial charge in [-0.15, -0.1) is 11.8 Å². The van der Waals surface area contributed by atoms with Gasteiger partial charge in [0.25, 0.3) is 0 Å². The van der Waals surface area contributed by atoms with Gasteiger partial charge in [0, 0.05) is 9.81 Å².